The molecule has 3 heteroatoms. The molecule has 1 aliphatic heterocycles. The van der Waals surface area contributed by atoms with E-state index in [0.29, 0.717) is 11.9 Å². The molecule has 15 heavy (non-hydrogen) atoms. The lowest BCUT2D eigenvalue weighted by atomic mass is 9.97. The third-order valence-electron chi connectivity index (χ3n) is 3.91. The van der Waals surface area contributed by atoms with Gasteiger partial charge in [0.25, 0.3) is 0 Å². The van der Waals surface area contributed by atoms with Crippen LogP contribution in [0, 0.1) is 11.8 Å². The number of hydrogen-bond donors (Lipinski definition) is 1. The fourth-order valence-corrected chi connectivity index (χ4v) is 2.45. The SMILES string of the molecule is CC(C1CC1)N(C)C(=O)C1CCCNC1. The zero-order valence-corrected chi connectivity index (χ0v) is 9.83. The normalized spacial score (nSPS) is 28.5. The van der Waals surface area contributed by atoms with Crippen LogP contribution >= 0.6 is 0 Å². The average Bonchev–Trinajstić information content (AvgIpc) is 3.11. The van der Waals surface area contributed by atoms with Crippen molar-refractivity contribution in [2.75, 3.05) is 20.1 Å². The van der Waals surface area contributed by atoms with E-state index in [1.54, 1.807) is 0 Å². The molecular formula is C12H22N2O. The summed E-state index contributed by atoms with van der Waals surface area (Å²) in [5.74, 6) is 1.35. The summed E-state index contributed by atoms with van der Waals surface area (Å²) >= 11 is 0. The molecule has 0 spiro atoms. The summed E-state index contributed by atoms with van der Waals surface area (Å²) in [6.45, 7) is 4.14. The number of piperidine rings is 1. The molecule has 2 unspecified atom stereocenters. The third-order valence-corrected chi connectivity index (χ3v) is 3.91. The van der Waals surface area contributed by atoms with Gasteiger partial charge in [-0.05, 0) is 45.1 Å². The van der Waals surface area contributed by atoms with Crippen molar-refractivity contribution in [3.63, 3.8) is 0 Å². The zero-order valence-electron chi connectivity index (χ0n) is 9.83. The Morgan fingerprint density at radius 3 is 2.67 bits per heavy atom. The van der Waals surface area contributed by atoms with Crippen LogP contribution in [0.5, 0.6) is 0 Å². The van der Waals surface area contributed by atoms with Gasteiger partial charge < -0.3 is 10.2 Å². The molecule has 1 heterocycles. The first kappa shape index (κ1) is 10.9. The molecule has 2 aliphatic rings. The van der Waals surface area contributed by atoms with E-state index in [0.717, 1.165) is 31.8 Å². The lowest BCUT2D eigenvalue weighted by molar-refractivity contribution is -0.136. The summed E-state index contributed by atoms with van der Waals surface area (Å²) in [5.41, 5.74) is 0. The fraction of sp³-hybridized carbons (Fsp3) is 0.917. The van der Waals surface area contributed by atoms with E-state index >= 15 is 0 Å². The van der Waals surface area contributed by atoms with Crippen LogP contribution in [0.3, 0.4) is 0 Å². The molecule has 0 aromatic heterocycles. The molecular weight excluding hydrogens is 188 g/mol. The van der Waals surface area contributed by atoms with Crippen molar-refractivity contribution in [1.29, 1.82) is 0 Å². The number of amides is 1. The minimum Gasteiger partial charge on any atom is -0.342 e. The third kappa shape index (κ3) is 2.51. The zero-order chi connectivity index (χ0) is 10.8. The molecule has 1 saturated carbocycles. The molecule has 1 aliphatic carbocycles. The van der Waals surface area contributed by atoms with Crippen molar-refractivity contribution >= 4 is 5.91 Å². The molecule has 3 nitrogen and oxygen atoms in total. The summed E-state index contributed by atoms with van der Waals surface area (Å²) in [7, 11) is 1.97. The molecule has 0 aromatic rings. The first-order chi connectivity index (χ1) is 7.20. The van der Waals surface area contributed by atoms with Crippen molar-refractivity contribution in [1.82, 2.24) is 10.2 Å². The number of carbonyl (C=O) groups is 1. The summed E-state index contributed by atoms with van der Waals surface area (Å²) in [4.78, 5) is 14.1. The highest BCUT2D eigenvalue weighted by atomic mass is 16.2. The van der Waals surface area contributed by atoms with Crippen LogP contribution in [0.15, 0.2) is 0 Å². The van der Waals surface area contributed by atoms with Crippen LogP contribution in [0.4, 0.5) is 0 Å². The Balaban J connectivity index is 1.87. The number of nitrogens with zero attached hydrogens (tertiary/aromatic N) is 1. The minimum absolute atomic E-state index is 0.227. The maximum Gasteiger partial charge on any atom is 0.226 e. The van der Waals surface area contributed by atoms with Crippen molar-refractivity contribution in [3.05, 3.63) is 0 Å². The molecule has 2 rings (SSSR count). The molecule has 1 N–H and O–H groups in total. The highest BCUT2D eigenvalue weighted by Gasteiger charge is 2.34. The second-order valence-corrected chi connectivity index (χ2v) is 5.07. The van der Waals surface area contributed by atoms with Gasteiger partial charge in [0.1, 0.15) is 0 Å². The fourth-order valence-electron chi connectivity index (χ4n) is 2.45. The van der Waals surface area contributed by atoms with Crippen molar-refractivity contribution in [2.45, 2.75) is 38.6 Å². The Hall–Kier alpha value is -0.570. The summed E-state index contributed by atoms with van der Waals surface area (Å²) in [6, 6.07) is 0.444. The number of nitrogens with one attached hydrogen (secondary N) is 1. The van der Waals surface area contributed by atoms with Crippen LogP contribution in [0.1, 0.15) is 32.6 Å². The van der Waals surface area contributed by atoms with Gasteiger partial charge >= 0.3 is 0 Å². The highest BCUT2D eigenvalue weighted by Crippen LogP contribution is 2.35. The molecule has 2 fully saturated rings. The summed E-state index contributed by atoms with van der Waals surface area (Å²) in [6.07, 6.45) is 4.82. The van der Waals surface area contributed by atoms with Gasteiger partial charge in [-0.2, -0.15) is 0 Å². The first-order valence-corrected chi connectivity index (χ1v) is 6.17. The predicted molar refractivity (Wildman–Crippen MR) is 60.5 cm³/mol. The van der Waals surface area contributed by atoms with Crippen LogP contribution in [-0.4, -0.2) is 37.0 Å². The molecule has 1 saturated heterocycles. The Morgan fingerprint density at radius 1 is 1.40 bits per heavy atom. The van der Waals surface area contributed by atoms with Gasteiger partial charge in [0.05, 0.1) is 5.92 Å². The molecule has 1 amide bonds. The highest BCUT2D eigenvalue weighted by molar-refractivity contribution is 5.79. The van der Waals surface area contributed by atoms with Crippen LogP contribution in [0.25, 0.3) is 0 Å². The van der Waals surface area contributed by atoms with Gasteiger partial charge in [-0.15, -0.1) is 0 Å². The van der Waals surface area contributed by atoms with E-state index in [4.69, 9.17) is 0 Å². The van der Waals surface area contributed by atoms with Gasteiger partial charge in [-0.1, -0.05) is 0 Å². The van der Waals surface area contributed by atoms with E-state index in [2.05, 4.69) is 12.2 Å². The molecule has 2 atom stereocenters. The Morgan fingerprint density at radius 2 is 2.13 bits per heavy atom. The maximum absolute atomic E-state index is 12.2. The number of rotatable bonds is 3. The quantitative estimate of drug-likeness (QED) is 0.760. The van der Waals surface area contributed by atoms with Crippen molar-refractivity contribution in [3.8, 4) is 0 Å². The first-order valence-electron chi connectivity index (χ1n) is 6.17. The molecule has 0 radical (unpaired) electrons. The van der Waals surface area contributed by atoms with Crippen molar-refractivity contribution < 1.29 is 4.79 Å². The van der Waals surface area contributed by atoms with E-state index in [1.165, 1.54) is 12.8 Å². The van der Waals surface area contributed by atoms with E-state index in [1.807, 2.05) is 11.9 Å². The summed E-state index contributed by atoms with van der Waals surface area (Å²) in [5, 5.41) is 3.31. The van der Waals surface area contributed by atoms with Gasteiger partial charge in [0.2, 0.25) is 5.91 Å². The van der Waals surface area contributed by atoms with Gasteiger partial charge in [0, 0.05) is 19.6 Å². The monoisotopic (exact) mass is 210 g/mol. The van der Waals surface area contributed by atoms with Crippen LogP contribution in [0.2, 0.25) is 0 Å². The lowest BCUT2D eigenvalue weighted by Crippen LogP contribution is -2.45. The Bertz CT molecular complexity index is 232. The smallest absolute Gasteiger partial charge is 0.226 e. The number of hydrogen-bond acceptors (Lipinski definition) is 2. The molecule has 0 bridgehead atoms. The topological polar surface area (TPSA) is 32.3 Å². The van der Waals surface area contributed by atoms with Gasteiger partial charge in [-0.3, -0.25) is 4.79 Å². The average molecular weight is 210 g/mol. The van der Waals surface area contributed by atoms with E-state index in [9.17, 15) is 4.79 Å². The lowest BCUT2D eigenvalue weighted by Gasteiger charge is -2.31. The summed E-state index contributed by atoms with van der Waals surface area (Å²) < 4.78 is 0. The van der Waals surface area contributed by atoms with E-state index in [-0.39, 0.29) is 5.92 Å². The van der Waals surface area contributed by atoms with Crippen LogP contribution in [-0.2, 0) is 4.79 Å². The van der Waals surface area contributed by atoms with Gasteiger partial charge in [-0.25, -0.2) is 0 Å². The standard InChI is InChI=1S/C12H22N2O/c1-9(10-5-6-10)14(2)12(15)11-4-3-7-13-8-11/h9-11,13H,3-8H2,1-2H3. The predicted octanol–water partition coefficient (Wildman–Crippen LogP) is 1.24. The van der Waals surface area contributed by atoms with Crippen LogP contribution < -0.4 is 5.32 Å². The second kappa shape index (κ2) is 4.52. The van der Waals surface area contributed by atoms with E-state index < -0.39 is 0 Å². The minimum atomic E-state index is 0.227. The van der Waals surface area contributed by atoms with Crippen molar-refractivity contribution in [2.24, 2.45) is 11.8 Å². The molecule has 0 aromatic carbocycles. The molecule has 86 valence electrons. The second-order valence-electron chi connectivity index (χ2n) is 5.07. The largest absolute Gasteiger partial charge is 0.342 e. The van der Waals surface area contributed by atoms with Gasteiger partial charge in [0.15, 0.2) is 0 Å². The maximum atomic E-state index is 12.2. The number of carbonyl (C=O) groups excluding carboxylic acids is 1. The Kier molecular flexibility index (Phi) is 3.29. The Labute approximate surface area is 92.2 Å².